The summed E-state index contributed by atoms with van der Waals surface area (Å²) in [6, 6.07) is 8.00. The minimum absolute atomic E-state index is 0.593. The van der Waals surface area contributed by atoms with Gasteiger partial charge in [0.2, 0.25) is 5.88 Å². The van der Waals surface area contributed by atoms with Gasteiger partial charge in [0.25, 0.3) is 0 Å². The average Bonchev–Trinajstić information content (AvgIpc) is 2.82. The first-order valence-corrected chi connectivity index (χ1v) is 6.01. The number of hydrogen-bond acceptors (Lipinski definition) is 4. The quantitative estimate of drug-likeness (QED) is 0.862. The van der Waals surface area contributed by atoms with Gasteiger partial charge in [-0.1, -0.05) is 12.1 Å². The lowest BCUT2D eigenvalue weighted by Crippen LogP contribution is -2.05. The van der Waals surface area contributed by atoms with Crippen LogP contribution in [0, 0.1) is 0 Å². The van der Waals surface area contributed by atoms with E-state index in [1.165, 1.54) is 4.88 Å². The fourth-order valence-electron chi connectivity index (χ4n) is 1.34. The van der Waals surface area contributed by atoms with Crippen molar-refractivity contribution in [2.24, 2.45) is 0 Å². The van der Waals surface area contributed by atoms with Crippen molar-refractivity contribution >= 4 is 11.3 Å². The van der Waals surface area contributed by atoms with Gasteiger partial charge in [-0.15, -0.1) is 11.3 Å². The molecule has 4 heteroatoms. The van der Waals surface area contributed by atoms with Crippen LogP contribution in [0.15, 0.2) is 35.8 Å². The summed E-state index contributed by atoms with van der Waals surface area (Å²) in [5.41, 5.74) is 1.16. The second kappa shape index (κ2) is 5.63. The third kappa shape index (κ3) is 3.05. The molecule has 16 heavy (non-hydrogen) atoms. The molecule has 0 aliphatic heterocycles. The maximum absolute atomic E-state index is 5.56. The van der Waals surface area contributed by atoms with Crippen LogP contribution in [0.25, 0.3) is 0 Å². The predicted octanol–water partition coefficient (Wildman–Crippen LogP) is 2.44. The molecule has 1 N–H and O–H groups in total. The lowest BCUT2D eigenvalue weighted by Gasteiger charge is -2.04. The highest BCUT2D eigenvalue weighted by molar-refractivity contribution is 7.09. The summed E-state index contributed by atoms with van der Waals surface area (Å²) in [5.74, 6) is 0.674. The molecule has 0 amide bonds. The fourth-order valence-corrected chi connectivity index (χ4v) is 1.96. The van der Waals surface area contributed by atoms with Crippen LogP contribution in [0.4, 0.5) is 0 Å². The third-order valence-corrected chi connectivity index (χ3v) is 2.97. The molecule has 0 saturated carbocycles. The van der Waals surface area contributed by atoms with Crippen molar-refractivity contribution in [2.45, 2.75) is 13.2 Å². The zero-order valence-electron chi connectivity index (χ0n) is 9.14. The zero-order valence-corrected chi connectivity index (χ0v) is 9.96. The van der Waals surface area contributed by atoms with Crippen molar-refractivity contribution in [2.75, 3.05) is 7.05 Å². The van der Waals surface area contributed by atoms with Crippen LogP contribution in [0.5, 0.6) is 5.88 Å². The standard InChI is InChI=1S/C12H14N2OS/c1-13-7-10-4-5-12(14-8-10)15-9-11-3-2-6-16-11/h2-6,8,13H,7,9H2,1H3. The Kier molecular flexibility index (Phi) is 3.91. The van der Waals surface area contributed by atoms with Crippen LogP contribution < -0.4 is 10.1 Å². The molecule has 2 heterocycles. The van der Waals surface area contributed by atoms with Gasteiger partial charge in [0.05, 0.1) is 0 Å². The van der Waals surface area contributed by atoms with Gasteiger partial charge in [0.15, 0.2) is 0 Å². The smallest absolute Gasteiger partial charge is 0.213 e. The third-order valence-electron chi connectivity index (χ3n) is 2.12. The molecule has 0 radical (unpaired) electrons. The molecule has 0 unspecified atom stereocenters. The molecule has 84 valence electrons. The molecule has 2 aromatic rings. The molecule has 0 aromatic carbocycles. The van der Waals surface area contributed by atoms with Crippen molar-refractivity contribution in [1.29, 1.82) is 0 Å². The summed E-state index contributed by atoms with van der Waals surface area (Å²) < 4.78 is 5.56. The van der Waals surface area contributed by atoms with Crippen molar-refractivity contribution in [3.05, 3.63) is 46.3 Å². The topological polar surface area (TPSA) is 34.1 Å². The summed E-state index contributed by atoms with van der Waals surface area (Å²) >= 11 is 1.69. The van der Waals surface area contributed by atoms with Gasteiger partial charge < -0.3 is 10.1 Å². The van der Waals surface area contributed by atoms with E-state index >= 15 is 0 Å². The second-order valence-corrected chi connectivity index (χ2v) is 4.44. The lowest BCUT2D eigenvalue weighted by molar-refractivity contribution is 0.297. The van der Waals surface area contributed by atoms with E-state index in [-0.39, 0.29) is 0 Å². The minimum Gasteiger partial charge on any atom is -0.472 e. The Labute approximate surface area is 99.1 Å². The number of thiophene rings is 1. The summed E-state index contributed by atoms with van der Waals surface area (Å²) in [6.45, 7) is 1.42. The number of nitrogens with zero attached hydrogens (tertiary/aromatic N) is 1. The van der Waals surface area contributed by atoms with Crippen LogP contribution in [0.2, 0.25) is 0 Å². The first-order valence-electron chi connectivity index (χ1n) is 5.13. The molecule has 0 spiro atoms. The number of ether oxygens (including phenoxy) is 1. The molecule has 0 aliphatic carbocycles. The Morgan fingerprint density at radius 3 is 2.94 bits per heavy atom. The predicted molar refractivity (Wildman–Crippen MR) is 65.7 cm³/mol. The van der Waals surface area contributed by atoms with Crippen LogP contribution >= 0.6 is 11.3 Å². The van der Waals surface area contributed by atoms with E-state index in [1.54, 1.807) is 11.3 Å². The Morgan fingerprint density at radius 1 is 1.38 bits per heavy atom. The van der Waals surface area contributed by atoms with Crippen LogP contribution in [0.1, 0.15) is 10.4 Å². The van der Waals surface area contributed by atoms with Gasteiger partial charge in [-0.25, -0.2) is 4.98 Å². The molecular weight excluding hydrogens is 220 g/mol. The van der Waals surface area contributed by atoms with Crippen molar-refractivity contribution < 1.29 is 4.74 Å². The summed E-state index contributed by atoms with van der Waals surface area (Å²) in [4.78, 5) is 5.45. The maximum Gasteiger partial charge on any atom is 0.213 e. The van der Waals surface area contributed by atoms with Crippen LogP contribution in [-0.4, -0.2) is 12.0 Å². The highest BCUT2D eigenvalue weighted by atomic mass is 32.1. The largest absolute Gasteiger partial charge is 0.472 e. The molecule has 0 fully saturated rings. The molecular formula is C12H14N2OS. The summed E-state index contributed by atoms with van der Waals surface area (Å²) in [6.07, 6.45) is 1.83. The highest BCUT2D eigenvalue weighted by Crippen LogP contribution is 2.13. The number of pyridine rings is 1. The molecule has 3 nitrogen and oxygen atoms in total. The van der Waals surface area contributed by atoms with Crippen molar-refractivity contribution in [3.63, 3.8) is 0 Å². The van der Waals surface area contributed by atoms with Gasteiger partial charge >= 0.3 is 0 Å². The number of hydrogen-bond donors (Lipinski definition) is 1. The number of rotatable bonds is 5. The molecule has 0 aliphatic rings. The summed E-state index contributed by atoms with van der Waals surface area (Å²) in [5, 5.41) is 5.12. The van der Waals surface area contributed by atoms with Gasteiger partial charge in [-0.2, -0.15) is 0 Å². The highest BCUT2D eigenvalue weighted by Gasteiger charge is 1.98. The number of aromatic nitrogens is 1. The zero-order chi connectivity index (χ0) is 11.2. The number of nitrogens with one attached hydrogen (secondary N) is 1. The van der Waals surface area contributed by atoms with E-state index in [1.807, 2.05) is 36.8 Å². The Morgan fingerprint density at radius 2 is 2.31 bits per heavy atom. The molecule has 0 saturated heterocycles. The van der Waals surface area contributed by atoms with E-state index < -0.39 is 0 Å². The molecule has 2 rings (SSSR count). The second-order valence-electron chi connectivity index (χ2n) is 3.40. The van der Waals surface area contributed by atoms with E-state index in [0.717, 1.165) is 12.1 Å². The fraction of sp³-hybridized carbons (Fsp3) is 0.250. The van der Waals surface area contributed by atoms with Crippen molar-refractivity contribution in [3.8, 4) is 5.88 Å². The molecule has 0 bridgehead atoms. The normalized spacial score (nSPS) is 10.3. The van der Waals surface area contributed by atoms with Gasteiger partial charge in [-0.05, 0) is 24.1 Å². The first-order chi connectivity index (χ1) is 7.88. The minimum atomic E-state index is 0.593. The molecule has 0 atom stereocenters. The van der Waals surface area contributed by atoms with Crippen LogP contribution in [-0.2, 0) is 13.2 Å². The van der Waals surface area contributed by atoms with Crippen molar-refractivity contribution in [1.82, 2.24) is 10.3 Å². The summed E-state index contributed by atoms with van der Waals surface area (Å²) in [7, 11) is 1.92. The van der Waals surface area contributed by atoms with E-state index in [4.69, 9.17) is 4.74 Å². The lowest BCUT2D eigenvalue weighted by atomic mass is 10.3. The van der Waals surface area contributed by atoms with Gasteiger partial charge in [-0.3, -0.25) is 0 Å². The monoisotopic (exact) mass is 234 g/mol. The van der Waals surface area contributed by atoms with E-state index in [9.17, 15) is 0 Å². The Bertz CT molecular complexity index is 411. The van der Waals surface area contributed by atoms with E-state index in [2.05, 4.69) is 16.4 Å². The first kappa shape index (κ1) is 11.1. The molecule has 2 aromatic heterocycles. The maximum atomic E-state index is 5.56. The van der Waals surface area contributed by atoms with Gasteiger partial charge in [0.1, 0.15) is 6.61 Å². The average molecular weight is 234 g/mol. The Balaban J connectivity index is 1.90. The van der Waals surface area contributed by atoms with E-state index in [0.29, 0.717) is 12.5 Å². The SMILES string of the molecule is CNCc1ccc(OCc2cccs2)nc1. The van der Waals surface area contributed by atoms with Gasteiger partial charge in [0, 0.05) is 23.7 Å². The van der Waals surface area contributed by atoms with Crippen LogP contribution in [0.3, 0.4) is 0 Å². The Hall–Kier alpha value is -1.39.